The summed E-state index contributed by atoms with van der Waals surface area (Å²) in [5.74, 6) is 0. The first-order valence-electron chi connectivity index (χ1n) is 3.18. The van der Waals surface area contributed by atoms with E-state index in [4.69, 9.17) is 24.4 Å². The minimum atomic E-state index is 0.726. The molecule has 0 fully saturated rings. The van der Waals surface area contributed by atoms with Crippen LogP contribution < -0.4 is 0 Å². The molecular formula is C4H2N4S6. The van der Waals surface area contributed by atoms with E-state index >= 15 is 0 Å². The summed E-state index contributed by atoms with van der Waals surface area (Å²) in [6.45, 7) is 0. The predicted octanol–water partition coefficient (Wildman–Crippen LogP) is 3.27. The summed E-state index contributed by atoms with van der Waals surface area (Å²) in [5, 5.41) is 8.09. The molecule has 0 saturated heterocycles. The van der Waals surface area contributed by atoms with Crippen LogP contribution in [0.25, 0.3) is 0 Å². The molecule has 0 bridgehead atoms. The highest BCUT2D eigenvalue weighted by Crippen LogP contribution is 2.26. The molecule has 0 aliphatic carbocycles. The number of aromatic nitrogens is 4. The second-order valence-corrected chi connectivity index (χ2v) is 6.75. The predicted molar refractivity (Wildman–Crippen MR) is 67.9 cm³/mol. The lowest BCUT2D eigenvalue weighted by Crippen LogP contribution is -1.89. The van der Waals surface area contributed by atoms with Gasteiger partial charge >= 0.3 is 0 Å². The zero-order valence-corrected chi connectivity index (χ0v) is 11.3. The van der Waals surface area contributed by atoms with Gasteiger partial charge in [0.15, 0.2) is 7.91 Å². The van der Waals surface area contributed by atoms with Gasteiger partial charge in [-0.15, -0.1) is 0 Å². The van der Waals surface area contributed by atoms with Crippen molar-refractivity contribution in [2.24, 2.45) is 0 Å². The summed E-state index contributed by atoms with van der Waals surface area (Å²) in [6.07, 6.45) is 0. The van der Waals surface area contributed by atoms with Gasteiger partial charge in [-0.2, -0.15) is 18.4 Å². The van der Waals surface area contributed by atoms with Gasteiger partial charge in [0.25, 0.3) is 0 Å². The number of hydrogen-bond donors (Lipinski definition) is 0. The lowest BCUT2D eigenvalue weighted by Gasteiger charge is -1.96. The molecule has 4 nitrogen and oxygen atoms in total. The highest BCUT2D eigenvalue weighted by atomic mass is 33.1. The fourth-order valence-electron chi connectivity index (χ4n) is 0.570. The van der Waals surface area contributed by atoms with E-state index < -0.39 is 0 Å². The van der Waals surface area contributed by atoms with Crippen molar-refractivity contribution in [1.82, 2.24) is 18.4 Å². The maximum Gasteiger partial charge on any atom is 0.191 e. The SMILES string of the molecule is S=c1scnn1SSn1ncsc1=S. The molecule has 2 aromatic rings. The second kappa shape index (κ2) is 4.86. The van der Waals surface area contributed by atoms with Crippen LogP contribution in [-0.2, 0) is 0 Å². The fourth-order valence-corrected chi connectivity index (χ4v) is 4.53. The highest BCUT2D eigenvalue weighted by Gasteiger charge is 2.00. The zero-order valence-electron chi connectivity index (χ0n) is 6.39. The van der Waals surface area contributed by atoms with Crippen LogP contribution in [0, 0.1) is 7.91 Å². The Hall–Kier alpha value is 0.260. The molecule has 0 saturated carbocycles. The Morgan fingerprint density at radius 3 is 1.71 bits per heavy atom. The van der Waals surface area contributed by atoms with Crippen molar-refractivity contribution in [2.45, 2.75) is 0 Å². The molecular weight excluding hydrogens is 296 g/mol. The van der Waals surface area contributed by atoms with E-state index in [1.165, 1.54) is 44.6 Å². The second-order valence-electron chi connectivity index (χ2n) is 1.90. The van der Waals surface area contributed by atoms with Crippen LogP contribution in [0.3, 0.4) is 0 Å². The molecule has 0 aromatic carbocycles. The molecule has 0 unspecified atom stereocenters. The largest absolute Gasteiger partial charge is 0.191 e. The van der Waals surface area contributed by atoms with Crippen LogP contribution in [0.5, 0.6) is 0 Å². The molecule has 0 N–H and O–H groups in total. The molecule has 0 amide bonds. The Balaban J connectivity index is 2.09. The van der Waals surface area contributed by atoms with E-state index in [9.17, 15) is 0 Å². The van der Waals surface area contributed by atoms with Crippen LogP contribution in [0.4, 0.5) is 0 Å². The smallest absolute Gasteiger partial charge is 0.172 e. The van der Waals surface area contributed by atoms with Crippen molar-refractivity contribution < 1.29 is 0 Å². The van der Waals surface area contributed by atoms with Crippen LogP contribution in [0.15, 0.2) is 11.0 Å². The summed E-state index contributed by atoms with van der Waals surface area (Å²) in [5.41, 5.74) is 3.41. The van der Waals surface area contributed by atoms with Crippen molar-refractivity contribution in [3.05, 3.63) is 18.9 Å². The van der Waals surface area contributed by atoms with Gasteiger partial charge in [0.1, 0.15) is 11.0 Å². The molecule has 14 heavy (non-hydrogen) atoms. The summed E-state index contributed by atoms with van der Waals surface area (Å²) in [6, 6.07) is 0. The topological polar surface area (TPSA) is 35.6 Å². The van der Waals surface area contributed by atoms with Gasteiger partial charge in [-0.05, 0) is 24.4 Å². The van der Waals surface area contributed by atoms with E-state index in [0.29, 0.717) is 0 Å². The lowest BCUT2D eigenvalue weighted by atomic mass is 11.6. The van der Waals surface area contributed by atoms with Gasteiger partial charge in [-0.25, -0.2) is 0 Å². The van der Waals surface area contributed by atoms with Crippen LogP contribution in [-0.4, -0.2) is 18.4 Å². The average molecular weight is 298 g/mol. The average Bonchev–Trinajstić information content (AvgIpc) is 2.72. The molecule has 0 atom stereocenters. The molecule has 2 rings (SSSR count). The van der Waals surface area contributed by atoms with Crippen molar-refractivity contribution in [3.8, 4) is 0 Å². The number of hydrogen-bond acceptors (Lipinski definition) is 8. The summed E-state index contributed by atoms with van der Waals surface area (Å²) >= 11 is 12.9. The molecule has 0 spiro atoms. The first-order chi connectivity index (χ1) is 6.77. The summed E-state index contributed by atoms with van der Waals surface area (Å²) in [7, 11) is 2.79. The highest BCUT2D eigenvalue weighted by molar-refractivity contribution is 8.75. The van der Waals surface area contributed by atoms with Gasteiger partial charge in [0, 0.05) is 0 Å². The first kappa shape index (κ1) is 10.8. The maximum atomic E-state index is 5.04. The van der Waals surface area contributed by atoms with Gasteiger partial charge in [-0.1, -0.05) is 22.7 Å². The molecule has 2 heterocycles. The molecule has 74 valence electrons. The Labute approximate surface area is 106 Å². The van der Waals surface area contributed by atoms with Gasteiger partial charge < -0.3 is 0 Å². The molecule has 0 radical (unpaired) electrons. The molecule has 2 aromatic heterocycles. The normalized spacial score (nSPS) is 10.6. The minimum Gasteiger partial charge on any atom is -0.172 e. The Kier molecular flexibility index (Phi) is 3.73. The van der Waals surface area contributed by atoms with E-state index in [1.54, 1.807) is 19.2 Å². The van der Waals surface area contributed by atoms with Crippen molar-refractivity contribution >= 4 is 69.1 Å². The van der Waals surface area contributed by atoms with E-state index in [-0.39, 0.29) is 0 Å². The number of nitrogens with zero attached hydrogens (tertiary/aromatic N) is 4. The van der Waals surface area contributed by atoms with Crippen LogP contribution >= 0.6 is 69.1 Å². The lowest BCUT2D eigenvalue weighted by molar-refractivity contribution is 0.995. The van der Waals surface area contributed by atoms with Gasteiger partial charge in [0.05, 0.1) is 22.0 Å². The summed E-state index contributed by atoms with van der Waals surface area (Å²) < 4.78 is 4.77. The zero-order chi connectivity index (χ0) is 9.97. The summed E-state index contributed by atoms with van der Waals surface area (Å²) in [4.78, 5) is 0. The fraction of sp³-hybridized carbons (Fsp3) is 0. The maximum absolute atomic E-state index is 5.04. The van der Waals surface area contributed by atoms with E-state index in [0.717, 1.165) is 7.91 Å². The van der Waals surface area contributed by atoms with Gasteiger partial charge in [0.2, 0.25) is 0 Å². The number of rotatable bonds is 3. The minimum absolute atomic E-state index is 0.726. The first-order valence-corrected chi connectivity index (χ1v) is 7.82. The third kappa shape index (κ3) is 2.44. The van der Waals surface area contributed by atoms with Crippen LogP contribution in [0.1, 0.15) is 0 Å². The molecule has 0 aliphatic heterocycles. The third-order valence-electron chi connectivity index (χ3n) is 1.10. The van der Waals surface area contributed by atoms with Crippen molar-refractivity contribution in [3.63, 3.8) is 0 Å². The monoisotopic (exact) mass is 298 g/mol. The molecule has 0 aliphatic rings. The standard InChI is InChI=1S/C4H2N4S6/c9-3-7(5-1-11-3)13-14-8-4(10)12-2-6-8/h1-2H. The van der Waals surface area contributed by atoms with E-state index in [1.807, 2.05) is 0 Å². The van der Waals surface area contributed by atoms with E-state index in [2.05, 4.69) is 10.2 Å². The van der Waals surface area contributed by atoms with Crippen LogP contribution in [0.2, 0.25) is 0 Å². The quantitative estimate of drug-likeness (QED) is 0.639. The van der Waals surface area contributed by atoms with Crippen molar-refractivity contribution in [2.75, 3.05) is 0 Å². The Bertz CT molecular complexity index is 470. The Morgan fingerprint density at radius 2 is 1.43 bits per heavy atom. The Morgan fingerprint density at radius 1 is 1.00 bits per heavy atom. The van der Waals surface area contributed by atoms with Gasteiger partial charge in [-0.3, -0.25) is 0 Å². The molecule has 10 heteroatoms. The van der Waals surface area contributed by atoms with Crippen molar-refractivity contribution in [1.29, 1.82) is 0 Å². The third-order valence-corrected chi connectivity index (χ3v) is 5.58.